The molecule has 0 aromatic heterocycles. The fourth-order valence-electron chi connectivity index (χ4n) is 0.577. The van der Waals surface area contributed by atoms with Crippen LogP contribution in [0.25, 0.3) is 0 Å². The van der Waals surface area contributed by atoms with Gasteiger partial charge in [0.2, 0.25) is 0 Å². The second-order valence-corrected chi connectivity index (χ2v) is 2.61. The van der Waals surface area contributed by atoms with Crippen molar-refractivity contribution in [3.05, 3.63) is 0 Å². The molecule has 0 spiro atoms. The predicted octanol–water partition coefficient (Wildman–Crippen LogP) is 1.14. The van der Waals surface area contributed by atoms with Crippen LogP contribution < -0.4 is 0 Å². The summed E-state index contributed by atoms with van der Waals surface area (Å²) in [5.41, 5.74) is 0. The van der Waals surface area contributed by atoms with E-state index >= 15 is 0 Å². The van der Waals surface area contributed by atoms with Crippen LogP contribution in [-0.4, -0.2) is 17.0 Å². The van der Waals surface area contributed by atoms with E-state index in [0.717, 1.165) is 0 Å². The number of hydrogen-bond acceptors (Lipinski definition) is 2. The lowest BCUT2D eigenvalue weighted by Crippen LogP contribution is -2.26. The Bertz CT molecular complexity index is 61.4. The Hall–Kier alpha value is -0.0800. The zero-order chi connectivity index (χ0) is 6.78. The molecule has 0 aliphatic rings. The van der Waals surface area contributed by atoms with Gasteiger partial charge in [0.25, 0.3) is 0 Å². The first kappa shape index (κ1) is 7.92. The lowest BCUT2D eigenvalue weighted by Gasteiger charge is -2.20. The van der Waals surface area contributed by atoms with E-state index in [4.69, 9.17) is 9.84 Å². The first-order valence-corrected chi connectivity index (χ1v) is 2.82. The van der Waals surface area contributed by atoms with Crippen molar-refractivity contribution in [2.45, 2.75) is 39.6 Å². The minimum absolute atomic E-state index is 0.0926. The Labute approximate surface area is 50.5 Å². The molecule has 0 rings (SSSR count). The third-order valence-corrected chi connectivity index (χ3v) is 0.524. The van der Waals surface area contributed by atoms with E-state index < -0.39 is 5.79 Å². The van der Waals surface area contributed by atoms with E-state index in [1.54, 1.807) is 13.8 Å². The van der Waals surface area contributed by atoms with Crippen LogP contribution in [0.3, 0.4) is 0 Å². The van der Waals surface area contributed by atoms with Gasteiger partial charge in [0.15, 0.2) is 5.79 Å². The fraction of sp³-hybridized carbons (Fsp3) is 1.00. The largest absolute Gasteiger partial charge is 0.366 e. The van der Waals surface area contributed by atoms with Gasteiger partial charge in [0.1, 0.15) is 0 Å². The molecule has 0 unspecified atom stereocenters. The Morgan fingerprint density at radius 3 is 1.75 bits per heavy atom. The highest BCUT2D eigenvalue weighted by Crippen LogP contribution is 2.05. The monoisotopic (exact) mass is 118 g/mol. The Kier molecular flexibility index (Phi) is 2.44. The van der Waals surface area contributed by atoms with Gasteiger partial charge < -0.3 is 9.84 Å². The Morgan fingerprint density at radius 2 is 1.75 bits per heavy atom. The molecule has 0 atom stereocenters. The molecule has 0 saturated carbocycles. The van der Waals surface area contributed by atoms with E-state index in [1.807, 2.05) is 13.8 Å². The van der Waals surface area contributed by atoms with E-state index in [0.29, 0.717) is 0 Å². The van der Waals surface area contributed by atoms with Crippen LogP contribution >= 0.6 is 0 Å². The maximum absolute atomic E-state index is 8.97. The fourth-order valence-corrected chi connectivity index (χ4v) is 0.577. The molecule has 0 aliphatic heterocycles. The third-order valence-electron chi connectivity index (χ3n) is 0.524. The van der Waals surface area contributed by atoms with Crippen LogP contribution in [0, 0.1) is 0 Å². The summed E-state index contributed by atoms with van der Waals surface area (Å²) in [5, 5.41) is 8.97. The molecule has 0 heterocycles. The minimum atomic E-state index is -0.978. The molecule has 0 radical (unpaired) electrons. The third kappa shape index (κ3) is 5.92. The van der Waals surface area contributed by atoms with Crippen molar-refractivity contribution in [2.75, 3.05) is 0 Å². The normalized spacial score (nSPS) is 12.8. The van der Waals surface area contributed by atoms with Crippen molar-refractivity contribution >= 4 is 0 Å². The maximum Gasteiger partial charge on any atom is 0.160 e. The standard InChI is InChI=1S/C6H14O2/c1-5(2)8-6(3,4)7/h5,7H,1-4H3. The second-order valence-electron chi connectivity index (χ2n) is 2.61. The van der Waals surface area contributed by atoms with Crippen LogP contribution in [0.1, 0.15) is 27.7 Å². The van der Waals surface area contributed by atoms with E-state index in [-0.39, 0.29) is 6.10 Å². The Balaban J connectivity index is 3.39. The molecular weight excluding hydrogens is 104 g/mol. The van der Waals surface area contributed by atoms with Crippen molar-refractivity contribution in [1.82, 2.24) is 0 Å². The van der Waals surface area contributed by atoms with Crippen LogP contribution in [0.4, 0.5) is 0 Å². The van der Waals surface area contributed by atoms with Crippen LogP contribution in [0.15, 0.2) is 0 Å². The highest BCUT2D eigenvalue weighted by molar-refractivity contribution is 4.49. The van der Waals surface area contributed by atoms with E-state index in [2.05, 4.69) is 0 Å². The zero-order valence-corrected chi connectivity index (χ0v) is 5.93. The molecule has 0 aliphatic carbocycles. The molecule has 0 aromatic carbocycles. The van der Waals surface area contributed by atoms with E-state index in [1.165, 1.54) is 0 Å². The first-order valence-electron chi connectivity index (χ1n) is 2.82. The van der Waals surface area contributed by atoms with Gasteiger partial charge in [-0.15, -0.1) is 0 Å². The lowest BCUT2D eigenvalue weighted by atomic mass is 10.3. The summed E-state index contributed by atoms with van der Waals surface area (Å²) in [6.45, 7) is 7.01. The highest BCUT2D eigenvalue weighted by atomic mass is 16.6. The average molecular weight is 118 g/mol. The molecule has 8 heavy (non-hydrogen) atoms. The summed E-state index contributed by atoms with van der Waals surface area (Å²) in [5.74, 6) is -0.978. The van der Waals surface area contributed by atoms with Gasteiger partial charge in [-0.1, -0.05) is 0 Å². The number of hydrogen-bond donors (Lipinski definition) is 1. The topological polar surface area (TPSA) is 29.5 Å². The summed E-state index contributed by atoms with van der Waals surface area (Å²) in [4.78, 5) is 0. The van der Waals surface area contributed by atoms with Crippen LogP contribution in [0.5, 0.6) is 0 Å². The lowest BCUT2D eigenvalue weighted by molar-refractivity contribution is -0.197. The summed E-state index contributed by atoms with van der Waals surface area (Å²) in [7, 11) is 0. The number of aliphatic hydroxyl groups is 1. The molecular formula is C6H14O2. The van der Waals surface area contributed by atoms with Crippen molar-refractivity contribution in [3.63, 3.8) is 0 Å². The van der Waals surface area contributed by atoms with E-state index in [9.17, 15) is 0 Å². The molecule has 0 amide bonds. The number of rotatable bonds is 2. The van der Waals surface area contributed by atoms with Crippen LogP contribution in [0.2, 0.25) is 0 Å². The van der Waals surface area contributed by atoms with Gasteiger partial charge in [0, 0.05) is 0 Å². The molecule has 50 valence electrons. The molecule has 1 N–H and O–H groups in total. The highest BCUT2D eigenvalue weighted by Gasteiger charge is 2.13. The summed E-state index contributed by atoms with van der Waals surface area (Å²) in [6, 6.07) is 0. The van der Waals surface area contributed by atoms with Gasteiger partial charge in [-0.2, -0.15) is 0 Å². The quantitative estimate of drug-likeness (QED) is 0.551. The SMILES string of the molecule is CC(C)OC(C)(C)O. The average Bonchev–Trinajstić information content (AvgIpc) is 1.21. The minimum Gasteiger partial charge on any atom is -0.366 e. The smallest absolute Gasteiger partial charge is 0.160 e. The van der Waals surface area contributed by atoms with Crippen molar-refractivity contribution in [3.8, 4) is 0 Å². The molecule has 2 heteroatoms. The second kappa shape index (κ2) is 2.46. The molecule has 2 nitrogen and oxygen atoms in total. The maximum atomic E-state index is 8.97. The summed E-state index contributed by atoms with van der Waals surface area (Å²) < 4.78 is 4.99. The predicted molar refractivity (Wildman–Crippen MR) is 32.5 cm³/mol. The van der Waals surface area contributed by atoms with Crippen molar-refractivity contribution < 1.29 is 9.84 Å². The van der Waals surface area contributed by atoms with Crippen molar-refractivity contribution in [2.24, 2.45) is 0 Å². The van der Waals surface area contributed by atoms with Gasteiger partial charge in [-0.3, -0.25) is 0 Å². The van der Waals surface area contributed by atoms with Gasteiger partial charge in [-0.25, -0.2) is 0 Å². The van der Waals surface area contributed by atoms with Crippen LogP contribution in [-0.2, 0) is 4.74 Å². The van der Waals surface area contributed by atoms with Crippen molar-refractivity contribution in [1.29, 1.82) is 0 Å². The Morgan fingerprint density at radius 1 is 1.38 bits per heavy atom. The van der Waals surface area contributed by atoms with Gasteiger partial charge in [0.05, 0.1) is 6.10 Å². The van der Waals surface area contributed by atoms with Gasteiger partial charge >= 0.3 is 0 Å². The van der Waals surface area contributed by atoms with Gasteiger partial charge in [-0.05, 0) is 27.7 Å². The molecule has 0 fully saturated rings. The summed E-state index contributed by atoms with van der Waals surface area (Å²) in [6.07, 6.45) is 0.0926. The zero-order valence-electron chi connectivity index (χ0n) is 5.93. The molecule has 0 bridgehead atoms. The summed E-state index contributed by atoms with van der Waals surface area (Å²) >= 11 is 0. The number of ether oxygens (including phenoxy) is 1. The molecule has 0 aromatic rings. The molecule has 0 saturated heterocycles. The first-order chi connectivity index (χ1) is 3.42.